The summed E-state index contributed by atoms with van der Waals surface area (Å²) < 4.78 is 0. The molecule has 3 nitrogen and oxygen atoms in total. The highest BCUT2D eigenvalue weighted by atomic mass is 16.4. The summed E-state index contributed by atoms with van der Waals surface area (Å²) in [5.41, 5.74) is 1.22. The Hall–Kier alpha value is -1.77. The maximum atomic E-state index is 10.4. The normalized spacial score (nSPS) is 11.1. The van der Waals surface area contributed by atoms with E-state index in [4.69, 9.17) is 5.11 Å². The van der Waals surface area contributed by atoms with Crippen LogP contribution in [-0.4, -0.2) is 17.6 Å². The van der Waals surface area contributed by atoms with Crippen molar-refractivity contribution < 1.29 is 9.90 Å². The van der Waals surface area contributed by atoms with Crippen molar-refractivity contribution in [2.75, 3.05) is 11.9 Å². The molecule has 0 unspecified atom stereocenters. The molecular weight excluding hydrogens is 334 g/mol. The second-order valence-electron chi connectivity index (χ2n) is 7.37. The molecule has 1 aromatic carbocycles. The van der Waals surface area contributed by atoms with Gasteiger partial charge in [0.1, 0.15) is 0 Å². The van der Waals surface area contributed by atoms with Gasteiger partial charge in [-0.15, -0.1) is 0 Å². The topological polar surface area (TPSA) is 49.3 Å². The van der Waals surface area contributed by atoms with Gasteiger partial charge in [-0.1, -0.05) is 75.3 Å². The third kappa shape index (κ3) is 16.1. The van der Waals surface area contributed by atoms with E-state index in [2.05, 4.69) is 41.7 Å². The monoisotopic (exact) mass is 373 g/mol. The van der Waals surface area contributed by atoms with Crippen molar-refractivity contribution in [2.24, 2.45) is 0 Å². The standard InChI is InChI=1S/C24H39NO2/c26-24(27)21-17-12-10-8-6-4-2-1-3-5-7-9-11-13-18-22-25-23-19-15-14-16-20-23/h1-2,14-16,19-20,25H,3-13,17-18,21-22H2,(H,26,27)/b2-1-. The number of benzene rings is 1. The number of para-hydroxylation sites is 1. The van der Waals surface area contributed by atoms with Gasteiger partial charge in [0.2, 0.25) is 0 Å². The molecule has 0 spiro atoms. The Balaban J connectivity index is 1.74. The van der Waals surface area contributed by atoms with Crippen molar-refractivity contribution in [3.63, 3.8) is 0 Å². The summed E-state index contributed by atoms with van der Waals surface area (Å²) in [5.74, 6) is -0.669. The number of hydrogen-bond donors (Lipinski definition) is 2. The number of carboxylic acids is 1. The first-order valence-electron chi connectivity index (χ1n) is 10.9. The average molecular weight is 374 g/mol. The van der Waals surface area contributed by atoms with E-state index in [1.165, 1.54) is 76.3 Å². The van der Waals surface area contributed by atoms with Gasteiger partial charge in [-0.3, -0.25) is 4.79 Å². The minimum atomic E-state index is -0.669. The molecule has 0 saturated heterocycles. The molecule has 0 heterocycles. The first-order valence-corrected chi connectivity index (χ1v) is 10.9. The van der Waals surface area contributed by atoms with Gasteiger partial charge in [-0.2, -0.15) is 0 Å². The molecule has 0 atom stereocenters. The molecule has 0 bridgehead atoms. The Morgan fingerprint density at radius 3 is 1.85 bits per heavy atom. The zero-order chi connectivity index (χ0) is 19.4. The number of rotatable bonds is 18. The van der Waals surface area contributed by atoms with Gasteiger partial charge in [0.25, 0.3) is 0 Å². The molecule has 1 aromatic rings. The molecule has 0 radical (unpaired) electrons. The number of nitrogens with one attached hydrogen (secondary N) is 1. The van der Waals surface area contributed by atoms with Gasteiger partial charge in [0.05, 0.1) is 0 Å². The highest BCUT2D eigenvalue weighted by Gasteiger charge is 1.96. The highest BCUT2D eigenvalue weighted by Crippen LogP contribution is 2.11. The average Bonchev–Trinajstić information content (AvgIpc) is 2.67. The van der Waals surface area contributed by atoms with E-state index in [0.29, 0.717) is 6.42 Å². The summed E-state index contributed by atoms with van der Waals surface area (Å²) in [6.45, 7) is 1.08. The van der Waals surface area contributed by atoms with E-state index in [9.17, 15) is 4.79 Å². The van der Waals surface area contributed by atoms with Crippen molar-refractivity contribution >= 4 is 11.7 Å². The summed E-state index contributed by atoms with van der Waals surface area (Å²) in [7, 11) is 0. The summed E-state index contributed by atoms with van der Waals surface area (Å²) in [6, 6.07) is 10.4. The second kappa shape index (κ2) is 17.6. The van der Waals surface area contributed by atoms with Gasteiger partial charge in [0.15, 0.2) is 0 Å². The molecule has 0 aliphatic carbocycles. The molecular formula is C24H39NO2. The fourth-order valence-electron chi connectivity index (χ4n) is 3.19. The molecule has 0 saturated carbocycles. The van der Waals surface area contributed by atoms with E-state index in [1.807, 2.05) is 6.07 Å². The lowest BCUT2D eigenvalue weighted by atomic mass is 10.1. The number of hydrogen-bond acceptors (Lipinski definition) is 2. The van der Waals surface area contributed by atoms with Crippen LogP contribution in [0.15, 0.2) is 42.5 Å². The molecule has 3 heteroatoms. The lowest BCUT2D eigenvalue weighted by Crippen LogP contribution is -2.00. The smallest absolute Gasteiger partial charge is 0.303 e. The van der Waals surface area contributed by atoms with Crippen LogP contribution in [-0.2, 0) is 4.79 Å². The van der Waals surface area contributed by atoms with Crippen LogP contribution in [0.25, 0.3) is 0 Å². The zero-order valence-corrected chi connectivity index (χ0v) is 17.0. The number of aliphatic carboxylic acids is 1. The molecule has 0 fully saturated rings. The molecule has 152 valence electrons. The minimum Gasteiger partial charge on any atom is -0.481 e. The number of allylic oxidation sites excluding steroid dienone is 2. The van der Waals surface area contributed by atoms with Gasteiger partial charge >= 0.3 is 5.97 Å². The molecule has 0 amide bonds. The number of carbonyl (C=O) groups is 1. The highest BCUT2D eigenvalue weighted by molar-refractivity contribution is 5.66. The fourth-order valence-corrected chi connectivity index (χ4v) is 3.19. The summed E-state index contributed by atoms with van der Waals surface area (Å²) >= 11 is 0. The van der Waals surface area contributed by atoms with Crippen molar-refractivity contribution in [1.82, 2.24) is 0 Å². The predicted molar refractivity (Wildman–Crippen MR) is 116 cm³/mol. The van der Waals surface area contributed by atoms with Crippen LogP contribution in [0.2, 0.25) is 0 Å². The summed E-state index contributed by atoms with van der Waals surface area (Å²) in [6.07, 6.45) is 20.8. The Labute approximate surface area is 166 Å². The predicted octanol–water partition coefficient (Wildman–Crippen LogP) is 7.20. The zero-order valence-electron chi connectivity index (χ0n) is 17.0. The quantitative estimate of drug-likeness (QED) is 0.211. The van der Waals surface area contributed by atoms with Crippen molar-refractivity contribution in [3.05, 3.63) is 42.5 Å². The Morgan fingerprint density at radius 2 is 1.26 bits per heavy atom. The van der Waals surface area contributed by atoms with Crippen LogP contribution in [0.5, 0.6) is 0 Å². The van der Waals surface area contributed by atoms with Gasteiger partial charge < -0.3 is 10.4 Å². The van der Waals surface area contributed by atoms with Crippen LogP contribution in [0.3, 0.4) is 0 Å². The SMILES string of the molecule is O=C(O)CCCCCCC/C=C\CCCCCCCCNc1ccccc1. The van der Waals surface area contributed by atoms with Crippen LogP contribution in [0, 0.1) is 0 Å². The van der Waals surface area contributed by atoms with Gasteiger partial charge in [-0.25, -0.2) is 0 Å². The van der Waals surface area contributed by atoms with Gasteiger partial charge in [0, 0.05) is 18.7 Å². The van der Waals surface area contributed by atoms with Crippen molar-refractivity contribution in [1.29, 1.82) is 0 Å². The number of anilines is 1. The minimum absolute atomic E-state index is 0.324. The fraction of sp³-hybridized carbons (Fsp3) is 0.625. The summed E-state index contributed by atoms with van der Waals surface area (Å²) in [4.78, 5) is 10.4. The Bertz CT molecular complexity index is 484. The molecule has 2 N–H and O–H groups in total. The van der Waals surface area contributed by atoms with Gasteiger partial charge in [-0.05, 0) is 50.7 Å². The maximum absolute atomic E-state index is 10.4. The Kier molecular flexibility index (Phi) is 15.2. The summed E-state index contributed by atoms with van der Waals surface area (Å²) in [5, 5.41) is 12.0. The maximum Gasteiger partial charge on any atom is 0.303 e. The van der Waals surface area contributed by atoms with Crippen molar-refractivity contribution in [2.45, 2.75) is 89.9 Å². The number of carboxylic acid groups (broad SMARTS) is 1. The van der Waals surface area contributed by atoms with E-state index in [-0.39, 0.29) is 0 Å². The van der Waals surface area contributed by atoms with Crippen molar-refractivity contribution in [3.8, 4) is 0 Å². The largest absolute Gasteiger partial charge is 0.481 e. The van der Waals surface area contributed by atoms with Crippen LogP contribution in [0.1, 0.15) is 89.9 Å². The van der Waals surface area contributed by atoms with E-state index < -0.39 is 5.97 Å². The molecule has 0 aromatic heterocycles. The molecule has 0 aliphatic rings. The van der Waals surface area contributed by atoms with Crippen LogP contribution >= 0.6 is 0 Å². The third-order valence-corrected chi connectivity index (χ3v) is 4.83. The third-order valence-electron chi connectivity index (χ3n) is 4.83. The first-order chi connectivity index (χ1) is 13.3. The van der Waals surface area contributed by atoms with E-state index in [1.54, 1.807) is 0 Å². The molecule has 27 heavy (non-hydrogen) atoms. The first kappa shape index (κ1) is 23.3. The lowest BCUT2D eigenvalue weighted by molar-refractivity contribution is -0.137. The Morgan fingerprint density at radius 1 is 0.741 bits per heavy atom. The van der Waals surface area contributed by atoms with Crippen LogP contribution in [0.4, 0.5) is 5.69 Å². The second-order valence-corrected chi connectivity index (χ2v) is 7.37. The molecule has 1 rings (SSSR count). The van der Waals surface area contributed by atoms with Crippen LogP contribution < -0.4 is 5.32 Å². The molecule has 0 aliphatic heterocycles. The van der Waals surface area contributed by atoms with E-state index in [0.717, 1.165) is 19.4 Å². The van der Waals surface area contributed by atoms with E-state index >= 15 is 0 Å². The number of unbranched alkanes of at least 4 members (excludes halogenated alkanes) is 11. The lowest BCUT2D eigenvalue weighted by Gasteiger charge is -2.05.